The summed E-state index contributed by atoms with van der Waals surface area (Å²) in [6, 6.07) is 8.23. The topological polar surface area (TPSA) is 49.2 Å². The summed E-state index contributed by atoms with van der Waals surface area (Å²) in [7, 11) is 0. The Morgan fingerprint density at radius 3 is 2.33 bits per heavy atom. The van der Waals surface area contributed by atoms with Crippen LogP contribution >= 0.6 is 0 Å². The third kappa shape index (κ3) is 2.94. The van der Waals surface area contributed by atoms with Gasteiger partial charge in [-0.1, -0.05) is 12.1 Å². The average molecular weight is 289 g/mol. The van der Waals surface area contributed by atoms with Crippen molar-refractivity contribution in [3.05, 3.63) is 24.3 Å². The zero-order valence-corrected chi connectivity index (χ0v) is 12.8. The van der Waals surface area contributed by atoms with E-state index >= 15 is 0 Å². The Morgan fingerprint density at radius 2 is 1.76 bits per heavy atom. The number of hydrogen-bond acceptors (Lipinski definition) is 4. The molecule has 2 aromatic rings. The van der Waals surface area contributed by atoms with Crippen molar-refractivity contribution in [2.45, 2.75) is 51.4 Å². The van der Waals surface area contributed by atoms with Gasteiger partial charge in [-0.05, 0) is 38.8 Å². The summed E-state index contributed by atoms with van der Waals surface area (Å²) in [4.78, 5) is 1.86. The molecule has 1 aliphatic rings. The van der Waals surface area contributed by atoms with Crippen molar-refractivity contribution in [1.29, 1.82) is 0 Å². The predicted octanol–water partition coefficient (Wildman–Crippen LogP) is 3.32. The molecule has 0 spiro atoms. The molecule has 1 aromatic carbocycles. The minimum Gasteiger partial charge on any atom is -0.350 e. The molecule has 0 radical (unpaired) electrons. The summed E-state index contributed by atoms with van der Waals surface area (Å²) in [5.74, 6) is -0.466. The van der Waals surface area contributed by atoms with Crippen molar-refractivity contribution in [2.75, 3.05) is 13.2 Å². The summed E-state index contributed by atoms with van der Waals surface area (Å²) in [6.45, 7) is 5.37. The first-order valence-corrected chi connectivity index (χ1v) is 7.86. The highest BCUT2D eigenvalue weighted by atomic mass is 16.7. The van der Waals surface area contributed by atoms with Gasteiger partial charge in [0.25, 0.3) is 0 Å². The third-order valence-electron chi connectivity index (χ3n) is 4.09. The largest absolute Gasteiger partial charge is 0.350 e. The molecule has 114 valence electrons. The predicted molar refractivity (Wildman–Crippen MR) is 81.0 cm³/mol. The van der Waals surface area contributed by atoms with Crippen LogP contribution < -0.4 is 0 Å². The second-order valence-electron chi connectivity index (χ2n) is 5.54. The Balaban J connectivity index is 1.84. The maximum Gasteiger partial charge on any atom is 0.170 e. The smallest absolute Gasteiger partial charge is 0.170 e. The van der Waals surface area contributed by atoms with Crippen molar-refractivity contribution in [3.63, 3.8) is 0 Å². The van der Waals surface area contributed by atoms with E-state index in [-0.39, 0.29) is 6.04 Å². The average Bonchev–Trinajstić information content (AvgIpc) is 2.92. The van der Waals surface area contributed by atoms with E-state index in [4.69, 9.17) is 9.47 Å². The number of aromatic nitrogens is 3. The summed E-state index contributed by atoms with van der Waals surface area (Å²) in [5.41, 5.74) is 1.89. The SMILES string of the molecule is CCOC1(OCC)CCCC(n2nc3ccccc3n2)C1. The fraction of sp³-hybridized carbons (Fsp3) is 0.625. The molecular formula is C16H23N3O2. The Hall–Kier alpha value is -1.46. The van der Waals surface area contributed by atoms with Gasteiger partial charge in [0, 0.05) is 26.1 Å². The monoisotopic (exact) mass is 289 g/mol. The molecule has 1 saturated carbocycles. The molecule has 5 heteroatoms. The highest BCUT2D eigenvalue weighted by Gasteiger charge is 2.39. The molecule has 0 bridgehead atoms. The number of benzene rings is 1. The molecule has 3 rings (SSSR count). The summed E-state index contributed by atoms with van der Waals surface area (Å²) < 4.78 is 11.9. The quantitative estimate of drug-likeness (QED) is 0.792. The second-order valence-corrected chi connectivity index (χ2v) is 5.54. The van der Waals surface area contributed by atoms with Crippen LogP contribution in [-0.2, 0) is 9.47 Å². The molecule has 1 fully saturated rings. The van der Waals surface area contributed by atoms with Crippen molar-refractivity contribution >= 4 is 11.0 Å². The summed E-state index contributed by atoms with van der Waals surface area (Å²) >= 11 is 0. The molecule has 5 nitrogen and oxygen atoms in total. The fourth-order valence-corrected chi connectivity index (χ4v) is 3.24. The van der Waals surface area contributed by atoms with Crippen LogP contribution in [0.3, 0.4) is 0 Å². The number of nitrogens with zero attached hydrogens (tertiary/aromatic N) is 3. The lowest BCUT2D eigenvalue weighted by molar-refractivity contribution is -0.254. The van der Waals surface area contributed by atoms with Crippen LogP contribution in [0.4, 0.5) is 0 Å². The fourth-order valence-electron chi connectivity index (χ4n) is 3.24. The molecule has 1 atom stereocenters. The first kappa shape index (κ1) is 14.5. The molecule has 0 amide bonds. The summed E-state index contributed by atoms with van der Waals surface area (Å²) in [5, 5.41) is 9.23. The maximum atomic E-state index is 5.95. The first-order chi connectivity index (χ1) is 10.3. The van der Waals surface area contributed by atoms with Gasteiger partial charge >= 0.3 is 0 Å². The zero-order chi connectivity index (χ0) is 14.7. The van der Waals surface area contributed by atoms with Gasteiger partial charge in [0.1, 0.15) is 11.0 Å². The standard InChI is InChI=1S/C16H23N3O2/c1-3-20-16(21-4-2)11-7-8-13(12-16)19-17-14-9-5-6-10-15(14)18-19/h5-6,9-10,13H,3-4,7-8,11-12H2,1-2H3. The number of fused-ring (bicyclic) bond motifs is 1. The molecular weight excluding hydrogens is 266 g/mol. The lowest BCUT2D eigenvalue weighted by atomic mass is 9.90. The van der Waals surface area contributed by atoms with Gasteiger partial charge in [-0.15, -0.1) is 0 Å². The van der Waals surface area contributed by atoms with E-state index < -0.39 is 5.79 Å². The van der Waals surface area contributed by atoms with Crippen LogP contribution in [0.5, 0.6) is 0 Å². The Bertz CT molecular complexity index is 551. The number of ether oxygens (including phenoxy) is 2. The van der Waals surface area contributed by atoms with E-state index in [0.29, 0.717) is 13.2 Å². The van der Waals surface area contributed by atoms with E-state index in [0.717, 1.165) is 36.7 Å². The van der Waals surface area contributed by atoms with Crippen LogP contribution in [0.25, 0.3) is 11.0 Å². The van der Waals surface area contributed by atoms with Gasteiger partial charge in [0.05, 0.1) is 6.04 Å². The molecule has 21 heavy (non-hydrogen) atoms. The lowest BCUT2D eigenvalue weighted by Crippen LogP contribution is -2.42. The Kier molecular flexibility index (Phi) is 4.22. The van der Waals surface area contributed by atoms with E-state index in [2.05, 4.69) is 10.2 Å². The molecule has 0 aliphatic heterocycles. The van der Waals surface area contributed by atoms with Gasteiger partial charge in [-0.2, -0.15) is 15.0 Å². The van der Waals surface area contributed by atoms with Crippen LogP contribution in [-0.4, -0.2) is 34.0 Å². The van der Waals surface area contributed by atoms with E-state index in [1.54, 1.807) is 0 Å². The van der Waals surface area contributed by atoms with Gasteiger partial charge in [0.2, 0.25) is 0 Å². The zero-order valence-electron chi connectivity index (χ0n) is 12.8. The molecule has 1 aliphatic carbocycles. The van der Waals surface area contributed by atoms with Crippen LogP contribution in [0.2, 0.25) is 0 Å². The van der Waals surface area contributed by atoms with Gasteiger partial charge < -0.3 is 9.47 Å². The highest BCUT2D eigenvalue weighted by Crippen LogP contribution is 2.38. The van der Waals surface area contributed by atoms with E-state index in [1.807, 2.05) is 42.9 Å². The van der Waals surface area contributed by atoms with E-state index in [1.165, 1.54) is 0 Å². The minimum absolute atomic E-state index is 0.240. The van der Waals surface area contributed by atoms with Crippen LogP contribution in [0.15, 0.2) is 24.3 Å². The normalized spacial score (nSPS) is 21.7. The molecule has 1 heterocycles. The number of rotatable bonds is 5. The van der Waals surface area contributed by atoms with Crippen molar-refractivity contribution < 1.29 is 9.47 Å². The minimum atomic E-state index is -0.466. The Morgan fingerprint density at radius 1 is 1.14 bits per heavy atom. The highest BCUT2D eigenvalue weighted by molar-refractivity contribution is 5.72. The molecule has 0 saturated heterocycles. The van der Waals surface area contributed by atoms with Crippen molar-refractivity contribution in [3.8, 4) is 0 Å². The van der Waals surface area contributed by atoms with Crippen LogP contribution in [0, 0.1) is 0 Å². The third-order valence-corrected chi connectivity index (χ3v) is 4.09. The number of hydrogen-bond donors (Lipinski definition) is 0. The lowest BCUT2D eigenvalue weighted by Gasteiger charge is -2.39. The Labute approximate surface area is 125 Å². The van der Waals surface area contributed by atoms with Crippen molar-refractivity contribution in [1.82, 2.24) is 15.0 Å². The molecule has 1 aromatic heterocycles. The van der Waals surface area contributed by atoms with Gasteiger partial charge in [0.15, 0.2) is 5.79 Å². The maximum absolute atomic E-state index is 5.95. The van der Waals surface area contributed by atoms with E-state index in [9.17, 15) is 0 Å². The van der Waals surface area contributed by atoms with Gasteiger partial charge in [-0.25, -0.2) is 0 Å². The van der Waals surface area contributed by atoms with Crippen molar-refractivity contribution in [2.24, 2.45) is 0 Å². The first-order valence-electron chi connectivity index (χ1n) is 7.86. The van der Waals surface area contributed by atoms with Gasteiger partial charge in [-0.3, -0.25) is 0 Å². The van der Waals surface area contributed by atoms with Crippen LogP contribution in [0.1, 0.15) is 45.6 Å². The second kappa shape index (κ2) is 6.12. The summed E-state index contributed by atoms with van der Waals surface area (Å²) in [6.07, 6.45) is 3.91. The molecule has 0 N–H and O–H groups in total. The molecule has 1 unspecified atom stereocenters.